The van der Waals surface area contributed by atoms with Crippen LogP contribution in [0.1, 0.15) is 25.3 Å². The van der Waals surface area contributed by atoms with Crippen LogP contribution in [0.3, 0.4) is 0 Å². The summed E-state index contributed by atoms with van der Waals surface area (Å²) in [6.45, 7) is 4.65. The number of aryl methyl sites for hydroxylation is 1. The third-order valence-corrected chi connectivity index (χ3v) is 3.13. The highest BCUT2D eigenvalue weighted by molar-refractivity contribution is 5.77. The Morgan fingerprint density at radius 1 is 1.25 bits per heavy atom. The van der Waals surface area contributed by atoms with Crippen molar-refractivity contribution in [3.05, 3.63) is 35.9 Å². The van der Waals surface area contributed by atoms with Gasteiger partial charge in [-0.1, -0.05) is 37.3 Å². The molecule has 2 N–H and O–H groups in total. The molecule has 0 bridgehead atoms. The fraction of sp³-hybridized carbons (Fsp3) is 0.562. The number of hydrogen-bond donors (Lipinski definition) is 2. The first-order valence-corrected chi connectivity index (χ1v) is 7.40. The number of carbonyl (C=O) groups is 1. The molecule has 0 saturated carbocycles. The Morgan fingerprint density at radius 3 is 2.65 bits per heavy atom. The minimum absolute atomic E-state index is 0.0416. The van der Waals surface area contributed by atoms with Gasteiger partial charge in [0.1, 0.15) is 0 Å². The fourth-order valence-electron chi connectivity index (χ4n) is 2.15. The smallest absolute Gasteiger partial charge is 0.234 e. The van der Waals surface area contributed by atoms with Crippen molar-refractivity contribution >= 4 is 5.91 Å². The van der Waals surface area contributed by atoms with E-state index >= 15 is 0 Å². The van der Waals surface area contributed by atoms with E-state index in [1.807, 2.05) is 23.1 Å². The minimum atomic E-state index is 0.0416. The van der Waals surface area contributed by atoms with E-state index in [2.05, 4.69) is 24.4 Å². The molecule has 0 fully saturated rings. The molecule has 1 aromatic rings. The summed E-state index contributed by atoms with van der Waals surface area (Å²) in [5.41, 5.74) is 1.30. The normalized spacial score (nSPS) is 10.8. The maximum atomic E-state index is 11.8. The number of aliphatic hydroxyl groups is 1. The molecular formula is C16H26N2O2. The van der Waals surface area contributed by atoms with Crippen molar-refractivity contribution in [3.8, 4) is 0 Å². The predicted molar refractivity (Wildman–Crippen MR) is 81.6 cm³/mol. The largest absolute Gasteiger partial charge is 0.395 e. The lowest BCUT2D eigenvalue weighted by Gasteiger charge is -2.19. The van der Waals surface area contributed by atoms with E-state index in [-0.39, 0.29) is 12.5 Å². The standard InChI is InChI=1S/C16H26N2O2/c1-2-11-18(12-13-19)14-16(20)17-10-6-9-15-7-4-3-5-8-15/h3-5,7-8,19H,2,6,9-14H2,1H3,(H,17,20). The van der Waals surface area contributed by atoms with Crippen LogP contribution in [0.25, 0.3) is 0 Å². The van der Waals surface area contributed by atoms with Gasteiger partial charge in [0.15, 0.2) is 0 Å². The number of nitrogens with zero attached hydrogens (tertiary/aromatic N) is 1. The molecule has 0 aliphatic carbocycles. The summed E-state index contributed by atoms with van der Waals surface area (Å²) in [6, 6.07) is 10.3. The summed E-state index contributed by atoms with van der Waals surface area (Å²) >= 11 is 0. The van der Waals surface area contributed by atoms with Gasteiger partial charge < -0.3 is 10.4 Å². The highest BCUT2D eigenvalue weighted by Crippen LogP contribution is 2.01. The molecule has 0 radical (unpaired) electrons. The number of rotatable bonds is 10. The molecular weight excluding hydrogens is 252 g/mol. The Morgan fingerprint density at radius 2 is 2.00 bits per heavy atom. The van der Waals surface area contributed by atoms with Crippen LogP contribution < -0.4 is 5.32 Å². The summed E-state index contributed by atoms with van der Waals surface area (Å²) in [5, 5.41) is 11.9. The molecule has 0 saturated heterocycles. The SMILES string of the molecule is CCCN(CCO)CC(=O)NCCCc1ccccc1. The van der Waals surface area contributed by atoms with Crippen molar-refractivity contribution in [2.45, 2.75) is 26.2 Å². The second-order valence-electron chi connectivity index (χ2n) is 4.94. The van der Waals surface area contributed by atoms with E-state index in [1.54, 1.807) is 0 Å². The highest BCUT2D eigenvalue weighted by atomic mass is 16.3. The van der Waals surface area contributed by atoms with Gasteiger partial charge in [-0.15, -0.1) is 0 Å². The molecule has 0 spiro atoms. The Hall–Kier alpha value is -1.39. The summed E-state index contributed by atoms with van der Waals surface area (Å²) in [5.74, 6) is 0.0416. The van der Waals surface area contributed by atoms with Crippen LogP contribution in [0.5, 0.6) is 0 Å². The predicted octanol–water partition coefficient (Wildman–Crippen LogP) is 1.44. The quantitative estimate of drug-likeness (QED) is 0.637. The van der Waals surface area contributed by atoms with Gasteiger partial charge >= 0.3 is 0 Å². The third kappa shape index (κ3) is 7.26. The van der Waals surface area contributed by atoms with Crippen molar-refractivity contribution in [2.75, 3.05) is 32.8 Å². The Kier molecular flexibility index (Phi) is 8.67. The molecule has 4 nitrogen and oxygen atoms in total. The molecule has 1 rings (SSSR count). The third-order valence-electron chi connectivity index (χ3n) is 3.13. The first kappa shape index (κ1) is 16.7. The van der Waals surface area contributed by atoms with Gasteiger partial charge in [0, 0.05) is 13.1 Å². The lowest BCUT2D eigenvalue weighted by Crippen LogP contribution is -2.39. The molecule has 112 valence electrons. The number of amides is 1. The zero-order chi connectivity index (χ0) is 14.6. The summed E-state index contributed by atoms with van der Waals surface area (Å²) in [4.78, 5) is 13.8. The van der Waals surface area contributed by atoms with E-state index in [1.165, 1.54) is 5.56 Å². The average Bonchev–Trinajstić information content (AvgIpc) is 2.45. The monoisotopic (exact) mass is 278 g/mol. The number of aliphatic hydroxyl groups excluding tert-OH is 1. The van der Waals surface area contributed by atoms with Crippen molar-refractivity contribution in [1.29, 1.82) is 0 Å². The number of carbonyl (C=O) groups excluding carboxylic acids is 1. The number of hydrogen-bond acceptors (Lipinski definition) is 3. The summed E-state index contributed by atoms with van der Waals surface area (Å²) in [6.07, 6.45) is 2.92. The Balaban J connectivity index is 2.15. The topological polar surface area (TPSA) is 52.6 Å². The summed E-state index contributed by atoms with van der Waals surface area (Å²) in [7, 11) is 0. The second kappa shape index (κ2) is 10.4. The van der Waals surface area contributed by atoms with Crippen LogP contribution >= 0.6 is 0 Å². The van der Waals surface area contributed by atoms with E-state index in [0.29, 0.717) is 19.6 Å². The second-order valence-corrected chi connectivity index (χ2v) is 4.94. The first-order chi connectivity index (χ1) is 9.76. The summed E-state index contributed by atoms with van der Waals surface area (Å²) < 4.78 is 0. The van der Waals surface area contributed by atoms with E-state index in [0.717, 1.165) is 25.8 Å². The number of nitrogens with one attached hydrogen (secondary N) is 1. The molecule has 1 aromatic carbocycles. The van der Waals surface area contributed by atoms with E-state index in [4.69, 9.17) is 5.11 Å². The lowest BCUT2D eigenvalue weighted by atomic mass is 10.1. The number of benzene rings is 1. The van der Waals surface area contributed by atoms with Crippen LogP contribution in [0.2, 0.25) is 0 Å². The van der Waals surface area contributed by atoms with Crippen LogP contribution in [0, 0.1) is 0 Å². The van der Waals surface area contributed by atoms with Gasteiger partial charge in [0.2, 0.25) is 5.91 Å². The van der Waals surface area contributed by atoms with Crippen molar-refractivity contribution < 1.29 is 9.90 Å². The van der Waals surface area contributed by atoms with Crippen LogP contribution in [-0.2, 0) is 11.2 Å². The molecule has 0 aliphatic rings. The molecule has 20 heavy (non-hydrogen) atoms. The van der Waals surface area contributed by atoms with Crippen molar-refractivity contribution in [1.82, 2.24) is 10.2 Å². The highest BCUT2D eigenvalue weighted by Gasteiger charge is 2.08. The maximum Gasteiger partial charge on any atom is 0.234 e. The average molecular weight is 278 g/mol. The first-order valence-electron chi connectivity index (χ1n) is 7.40. The van der Waals surface area contributed by atoms with Crippen LogP contribution in [-0.4, -0.2) is 48.7 Å². The molecule has 0 aliphatic heterocycles. The van der Waals surface area contributed by atoms with Crippen LogP contribution in [0.4, 0.5) is 0 Å². The molecule has 0 atom stereocenters. The molecule has 0 aromatic heterocycles. The fourth-order valence-corrected chi connectivity index (χ4v) is 2.15. The minimum Gasteiger partial charge on any atom is -0.395 e. The van der Waals surface area contributed by atoms with Crippen molar-refractivity contribution in [3.63, 3.8) is 0 Å². The van der Waals surface area contributed by atoms with Crippen molar-refractivity contribution in [2.24, 2.45) is 0 Å². The maximum absolute atomic E-state index is 11.8. The lowest BCUT2D eigenvalue weighted by molar-refractivity contribution is -0.122. The van der Waals surface area contributed by atoms with E-state index < -0.39 is 0 Å². The van der Waals surface area contributed by atoms with Gasteiger partial charge in [0.25, 0.3) is 0 Å². The van der Waals surface area contributed by atoms with Crippen LogP contribution in [0.15, 0.2) is 30.3 Å². The molecule has 4 heteroatoms. The molecule has 0 unspecified atom stereocenters. The van der Waals surface area contributed by atoms with Gasteiger partial charge in [-0.2, -0.15) is 0 Å². The van der Waals surface area contributed by atoms with Gasteiger partial charge in [-0.05, 0) is 31.4 Å². The van der Waals surface area contributed by atoms with Gasteiger partial charge in [0.05, 0.1) is 13.2 Å². The zero-order valence-corrected chi connectivity index (χ0v) is 12.3. The molecule has 0 heterocycles. The van der Waals surface area contributed by atoms with Gasteiger partial charge in [-0.25, -0.2) is 0 Å². The Labute approximate surface area is 121 Å². The Bertz CT molecular complexity index is 362. The zero-order valence-electron chi connectivity index (χ0n) is 12.3. The van der Waals surface area contributed by atoms with E-state index in [9.17, 15) is 4.79 Å². The van der Waals surface area contributed by atoms with Gasteiger partial charge in [-0.3, -0.25) is 9.69 Å². The molecule has 1 amide bonds.